The van der Waals surface area contributed by atoms with Gasteiger partial charge in [0.1, 0.15) is 22.8 Å². The van der Waals surface area contributed by atoms with Gasteiger partial charge in [-0.05, 0) is 56.5 Å². The fourth-order valence-electron chi connectivity index (χ4n) is 5.50. The quantitative estimate of drug-likeness (QED) is 0.225. The molecule has 0 spiro atoms. The van der Waals surface area contributed by atoms with Gasteiger partial charge in [0.2, 0.25) is 5.78 Å². The number of phenolic OH excluding ortho intramolecular Hbond substituents is 1. The Labute approximate surface area is 199 Å². The lowest BCUT2D eigenvalue weighted by Gasteiger charge is -2.50. The van der Waals surface area contributed by atoms with E-state index >= 15 is 0 Å². The number of carbonyl (C=O) groups excluding carboxylic acids is 4. The van der Waals surface area contributed by atoms with Gasteiger partial charge in [-0.25, -0.2) is 0 Å². The Morgan fingerprint density at radius 1 is 1.14 bits per heavy atom. The Morgan fingerprint density at radius 2 is 1.80 bits per heavy atom. The predicted octanol–water partition coefficient (Wildman–Crippen LogP) is -1.04. The Hall–Kier alpha value is -4.14. The molecule has 0 fully saturated rings. The van der Waals surface area contributed by atoms with E-state index < -0.39 is 69.7 Å². The molecular weight excluding hydrogens is 458 g/mol. The summed E-state index contributed by atoms with van der Waals surface area (Å²) in [5.74, 6) is -3.46. The minimum Gasteiger partial charge on any atom is -0.510 e. The first-order valence-electron chi connectivity index (χ1n) is 10.6. The number of benzene rings is 1. The normalized spacial score (nSPS) is 27.6. The minimum atomic E-state index is -2.70. The average Bonchev–Trinajstić information content (AvgIpc) is 2.75. The van der Waals surface area contributed by atoms with Crippen LogP contribution in [0.3, 0.4) is 0 Å². The molecule has 0 radical (unpaired) electrons. The molecule has 3 aliphatic carbocycles. The number of hydrogen-bond acceptors (Lipinski definition) is 9. The third kappa shape index (κ3) is 3.30. The number of aromatic hydroxyl groups is 1. The lowest BCUT2D eigenvalue weighted by molar-refractivity contribution is -0.148. The lowest BCUT2D eigenvalue weighted by Crippen LogP contribution is -2.63. The highest BCUT2D eigenvalue weighted by Gasteiger charge is 2.63. The van der Waals surface area contributed by atoms with Gasteiger partial charge in [-0.15, -0.1) is 0 Å². The fraction of sp³-hybridized carbons (Fsp3) is 0.333. The highest BCUT2D eigenvalue weighted by Crippen LogP contribution is 2.52. The molecule has 0 unspecified atom stereocenters. The molecule has 0 saturated heterocycles. The molecule has 8 N–H and O–H groups in total. The van der Waals surface area contributed by atoms with Crippen LogP contribution < -0.4 is 11.5 Å². The van der Waals surface area contributed by atoms with Crippen molar-refractivity contribution in [2.24, 2.45) is 23.3 Å². The standard InChI is InChI=1S/C24H23N3O8/c1-27(2)18-12-8-10-7-11-9(4-6-14(25)29)3-5-13(28)16(11)19(30)15(10)21(32)24(12,35)22(33)17(20(18)31)23(26)34/h3,5,10,12,18,28,31-32,35H,7-8H2,1-2H3,(H2,25,29)(H2,26,34)/t10-,12+,18+,24+/m0/s1. The van der Waals surface area contributed by atoms with E-state index in [0.29, 0.717) is 5.56 Å². The molecule has 1 aromatic rings. The molecule has 3 aliphatic rings. The zero-order valence-electron chi connectivity index (χ0n) is 18.8. The van der Waals surface area contributed by atoms with Crippen molar-refractivity contribution >= 4 is 23.4 Å². The summed E-state index contributed by atoms with van der Waals surface area (Å²) in [6, 6.07) is 1.53. The molecule has 0 saturated carbocycles. The van der Waals surface area contributed by atoms with Crippen molar-refractivity contribution in [2.45, 2.75) is 24.5 Å². The van der Waals surface area contributed by atoms with Crippen LogP contribution in [0.2, 0.25) is 0 Å². The van der Waals surface area contributed by atoms with Gasteiger partial charge in [-0.1, -0.05) is 5.92 Å². The van der Waals surface area contributed by atoms with E-state index in [2.05, 4.69) is 11.8 Å². The number of rotatable bonds is 2. The van der Waals surface area contributed by atoms with E-state index in [1.807, 2.05) is 0 Å². The van der Waals surface area contributed by atoms with Gasteiger partial charge in [-0.2, -0.15) is 0 Å². The Balaban J connectivity index is 1.96. The number of likely N-dealkylation sites (N-methyl/N-ethyl adjacent to an activating group) is 1. The van der Waals surface area contributed by atoms with Gasteiger partial charge in [0.05, 0.1) is 11.6 Å². The van der Waals surface area contributed by atoms with E-state index in [0.717, 1.165) is 0 Å². The van der Waals surface area contributed by atoms with Crippen LogP contribution in [0.5, 0.6) is 5.75 Å². The number of allylic oxidation sites excluding steroid dienone is 1. The first kappa shape index (κ1) is 24.0. The summed E-state index contributed by atoms with van der Waals surface area (Å²) in [7, 11) is 3.09. The van der Waals surface area contributed by atoms with E-state index in [4.69, 9.17) is 11.5 Å². The third-order valence-corrected chi connectivity index (χ3v) is 6.93. The van der Waals surface area contributed by atoms with Gasteiger partial charge in [0.25, 0.3) is 11.8 Å². The molecule has 182 valence electrons. The van der Waals surface area contributed by atoms with Gasteiger partial charge in [-0.3, -0.25) is 24.1 Å². The van der Waals surface area contributed by atoms with Crippen molar-refractivity contribution in [1.82, 2.24) is 4.90 Å². The lowest BCUT2D eigenvalue weighted by atomic mass is 9.58. The van der Waals surface area contributed by atoms with Crippen LogP contribution in [0, 0.1) is 23.7 Å². The monoisotopic (exact) mass is 481 g/mol. The summed E-state index contributed by atoms with van der Waals surface area (Å²) in [6.45, 7) is 0. The number of fused-ring (bicyclic) bond motifs is 3. The fourth-order valence-corrected chi connectivity index (χ4v) is 5.50. The number of ketones is 2. The number of nitrogens with two attached hydrogens (primary N) is 2. The number of aliphatic hydroxyl groups excluding tert-OH is 2. The highest BCUT2D eigenvalue weighted by atomic mass is 16.3. The first-order valence-corrected chi connectivity index (χ1v) is 10.6. The predicted molar refractivity (Wildman–Crippen MR) is 120 cm³/mol. The zero-order valence-corrected chi connectivity index (χ0v) is 18.8. The number of hydrogen-bond donors (Lipinski definition) is 6. The van der Waals surface area contributed by atoms with Crippen molar-refractivity contribution in [3.8, 4) is 17.6 Å². The van der Waals surface area contributed by atoms with E-state index in [9.17, 15) is 39.6 Å². The van der Waals surface area contributed by atoms with Crippen LogP contribution in [0.4, 0.5) is 0 Å². The number of nitrogens with zero attached hydrogens (tertiary/aromatic N) is 1. The van der Waals surface area contributed by atoms with Crippen molar-refractivity contribution in [3.63, 3.8) is 0 Å². The van der Waals surface area contributed by atoms with Crippen LogP contribution >= 0.6 is 0 Å². The zero-order chi connectivity index (χ0) is 26.0. The van der Waals surface area contributed by atoms with Crippen molar-refractivity contribution < 1.29 is 39.6 Å². The summed E-state index contributed by atoms with van der Waals surface area (Å²) in [5, 5.41) is 43.9. The van der Waals surface area contributed by atoms with Crippen molar-refractivity contribution in [3.05, 3.63) is 51.5 Å². The second-order valence-electron chi connectivity index (χ2n) is 9.06. The second-order valence-corrected chi connectivity index (χ2v) is 9.06. The van der Waals surface area contributed by atoms with Gasteiger partial charge in [0, 0.05) is 17.1 Å². The molecule has 11 nitrogen and oxygen atoms in total. The molecule has 4 rings (SSSR count). The summed E-state index contributed by atoms with van der Waals surface area (Å²) in [6.07, 6.45) is 0.00974. The minimum absolute atomic E-state index is 0.0515. The molecule has 11 heteroatoms. The Bertz CT molecular complexity index is 1350. The maximum absolute atomic E-state index is 13.5. The summed E-state index contributed by atoms with van der Waals surface area (Å²) in [5.41, 5.74) is 6.93. The average molecular weight is 481 g/mol. The molecule has 0 heterocycles. The molecule has 0 aliphatic heterocycles. The topological polar surface area (TPSA) is 204 Å². The molecule has 1 aromatic carbocycles. The van der Waals surface area contributed by atoms with Crippen LogP contribution in [-0.2, 0) is 20.8 Å². The molecule has 0 bridgehead atoms. The number of carbonyl (C=O) groups is 4. The van der Waals surface area contributed by atoms with Gasteiger partial charge in [0.15, 0.2) is 11.4 Å². The van der Waals surface area contributed by atoms with Crippen LogP contribution in [0.15, 0.2) is 34.8 Å². The molecule has 4 atom stereocenters. The summed E-state index contributed by atoms with van der Waals surface area (Å²) < 4.78 is 0. The maximum atomic E-state index is 13.5. The molecule has 35 heavy (non-hydrogen) atoms. The maximum Gasteiger partial charge on any atom is 0.293 e. The summed E-state index contributed by atoms with van der Waals surface area (Å²) in [4.78, 5) is 51.3. The Morgan fingerprint density at radius 3 is 2.37 bits per heavy atom. The molecule has 2 amide bonds. The third-order valence-electron chi connectivity index (χ3n) is 6.93. The van der Waals surface area contributed by atoms with E-state index in [-0.39, 0.29) is 29.5 Å². The van der Waals surface area contributed by atoms with E-state index in [1.165, 1.54) is 17.0 Å². The van der Waals surface area contributed by atoms with Crippen LogP contribution in [-0.4, -0.2) is 74.4 Å². The number of Topliss-reactive ketones (excluding diaryl/α,β-unsaturated/α-hetero) is 2. The van der Waals surface area contributed by atoms with Crippen molar-refractivity contribution in [2.75, 3.05) is 14.1 Å². The number of aliphatic hydroxyl groups is 3. The number of amides is 2. The largest absolute Gasteiger partial charge is 0.510 e. The van der Waals surface area contributed by atoms with Crippen LogP contribution in [0.25, 0.3) is 0 Å². The SMILES string of the molecule is CN(C)[C@H]1C(O)=C(C(N)=O)C(=O)[C@]2(O)C(O)=C3C(=O)c4c(O)ccc(C#CC(N)=O)c4C[C@H]3C[C@H]12. The van der Waals surface area contributed by atoms with E-state index in [1.54, 1.807) is 14.1 Å². The molecule has 0 aromatic heterocycles. The first-order chi connectivity index (χ1) is 16.3. The van der Waals surface area contributed by atoms with Crippen LogP contribution in [0.1, 0.15) is 27.9 Å². The smallest absolute Gasteiger partial charge is 0.293 e. The number of primary amides is 2. The second kappa shape index (κ2) is 7.97. The highest BCUT2D eigenvalue weighted by molar-refractivity contribution is 6.24. The molecular formula is C24H23N3O8. The van der Waals surface area contributed by atoms with Crippen molar-refractivity contribution in [1.29, 1.82) is 0 Å². The summed E-state index contributed by atoms with van der Waals surface area (Å²) >= 11 is 0. The Kier molecular flexibility index (Phi) is 5.47. The van der Waals surface area contributed by atoms with Gasteiger partial charge >= 0.3 is 0 Å². The van der Waals surface area contributed by atoms with Gasteiger partial charge < -0.3 is 31.9 Å². The number of phenols is 1.